The van der Waals surface area contributed by atoms with Crippen LogP contribution < -0.4 is 0 Å². The van der Waals surface area contributed by atoms with Gasteiger partial charge in [0.1, 0.15) is 0 Å². The van der Waals surface area contributed by atoms with Crippen molar-refractivity contribution < 1.29 is 26.2 Å². The van der Waals surface area contributed by atoms with Crippen molar-refractivity contribution >= 4 is 10.8 Å². The third-order valence-electron chi connectivity index (χ3n) is 3.17. The predicted molar refractivity (Wildman–Crippen MR) is 101 cm³/mol. The van der Waals surface area contributed by atoms with Crippen molar-refractivity contribution in [3.8, 4) is 0 Å². The summed E-state index contributed by atoms with van der Waals surface area (Å²) in [6.07, 6.45) is 1.18. The SMILES string of the molecule is Cc1cc2cc(CC(C)C)ccc2[cH-]1.[CH3-].[CH3-].[Zr+4].[c-]1ccccc1. The molecule has 0 amide bonds. The first-order valence-corrected chi connectivity index (χ1v) is 7.22. The number of hydrogen-bond acceptors (Lipinski definition) is 0. The summed E-state index contributed by atoms with van der Waals surface area (Å²) in [5.74, 6) is 0.739. The van der Waals surface area contributed by atoms with Crippen LogP contribution in [0.1, 0.15) is 25.0 Å². The van der Waals surface area contributed by atoms with Gasteiger partial charge in [0.2, 0.25) is 0 Å². The molecule has 0 aliphatic carbocycles. The molecule has 0 atom stereocenters. The van der Waals surface area contributed by atoms with Crippen molar-refractivity contribution in [2.45, 2.75) is 27.2 Å². The third-order valence-corrected chi connectivity index (χ3v) is 3.17. The van der Waals surface area contributed by atoms with Crippen molar-refractivity contribution in [3.63, 3.8) is 0 Å². The van der Waals surface area contributed by atoms with E-state index in [-0.39, 0.29) is 41.1 Å². The fourth-order valence-electron chi connectivity index (χ4n) is 2.35. The zero-order chi connectivity index (χ0) is 14.4. The van der Waals surface area contributed by atoms with Crippen molar-refractivity contribution in [2.75, 3.05) is 0 Å². The first-order valence-electron chi connectivity index (χ1n) is 7.22. The van der Waals surface area contributed by atoms with E-state index in [0.717, 1.165) is 5.92 Å². The fraction of sp³-hybridized carbons (Fsp3) is 0.227. The molecule has 0 radical (unpaired) electrons. The molecular weight excluding hydrogens is 355 g/mol. The zero-order valence-corrected chi connectivity index (χ0v) is 17.5. The summed E-state index contributed by atoms with van der Waals surface area (Å²) in [4.78, 5) is 0. The maximum Gasteiger partial charge on any atom is 4.00 e. The Hall–Kier alpha value is -1.07. The van der Waals surface area contributed by atoms with Crippen LogP contribution in [0, 0.1) is 33.8 Å². The fourth-order valence-corrected chi connectivity index (χ4v) is 2.35. The Morgan fingerprint density at radius 2 is 1.65 bits per heavy atom. The van der Waals surface area contributed by atoms with Crippen LogP contribution >= 0.6 is 0 Å². The van der Waals surface area contributed by atoms with Gasteiger partial charge < -0.3 is 14.9 Å². The molecule has 3 aromatic carbocycles. The Balaban J connectivity index is 0. The van der Waals surface area contributed by atoms with Crippen LogP contribution in [-0.2, 0) is 32.6 Å². The zero-order valence-electron chi connectivity index (χ0n) is 15.1. The van der Waals surface area contributed by atoms with Crippen molar-refractivity contribution in [3.05, 3.63) is 92.7 Å². The largest absolute Gasteiger partial charge is 4.00 e. The molecule has 1 heteroatoms. The molecule has 3 aromatic rings. The van der Waals surface area contributed by atoms with Crippen molar-refractivity contribution in [1.82, 2.24) is 0 Å². The van der Waals surface area contributed by atoms with E-state index in [1.54, 1.807) is 0 Å². The van der Waals surface area contributed by atoms with Crippen molar-refractivity contribution in [1.29, 1.82) is 0 Å². The van der Waals surface area contributed by atoms with Gasteiger partial charge in [-0.05, 0) is 12.3 Å². The van der Waals surface area contributed by atoms with Gasteiger partial charge in [0.15, 0.2) is 0 Å². The minimum Gasteiger partial charge on any atom is -0.358 e. The number of benzene rings is 2. The molecule has 0 heterocycles. The molecule has 0 aromatic heterocycles. The normalized spacial score (nSPS) is 9.04. The van der Waals surface area contributed by atoms with Gasteiger partial charge in [-0.3, -0.25) is 0 Å². The molecule has 0 unspecified atom stereocenters. The minimum atomic E-state index is 0. The number of rotatable bonds is 2. The first kappa shape index (κ1) is 24.2. The average Bonchev–Trinajstić information content (AvgIpc) is 2.80. The topological polar surface area (TPSA) is 0 Å². The van der Waals surface area contributed by atoms with E-state index in [4.69, 9.17) is 0 Å². The summed E-state index contributed by atoms with van der Waals surface area (Å²) in [6, 6.07) is 23.8. The van der Waals surface area contributed by atoms with Gasteiger partial charge in [-0.15, -0.1) is 40.6 Å². The molecule has 0 fully saturated rings. The quantitative estimate of drug-likeness (QED) is 0.446. The van der Waals surface area contributed by atoms with Crippen LogP contribution in [0.4, 0.5) is 0 Å². The van der Waals surface area contributed by atoms with Crippen LogP contribution in [0.3, 0.4) is 0 Å². The predicted octanol–water partition coefficient (Wildman–Crippen LogP) is 6.45. The summed E-state index contributed by atoms with van der Waals surface area (Å²) in [5.41, 5.74) is 2.82. The van der Waals surface area contributed by atoms with Gasteiger partial charge >= 0.3 is 26.2 Å². The van der Waals surface area contributed by atoms with Gasteiger partial charge in [0.05, 0.1) is 0 Å². The summed E-state index contributed by atoms with van der Waals surface area (Å²) in [6.45, 7) is 6.68. The Morgan fingerprint density at radius 1 is 1.00 bits per heavy atom. The molecule has 0 aliphatic heterocycles. The van der Waals surface area contributed by atoms with Gasteiger partial charge in [-0.2, -0.15) is 42.5 Å². The maximum absolute atomic E-state index is 2.89. The molecule has 0 N–H and O–H groups in total. The Kier molecular flexibility index (Phi) is 13.0. The van der Waals surface area contributed by atoms with E-state index < -0.39 is 0 Å². The van der Waals surface area contributed by atoms with Gasteiger partial charge in [-0.1, -0.05) is 26.3 Å². The van der Waals surface area contributed by atoms with Crippen LogP contribution in [0.2, 0.25) is 0 Å². The molecule has 0 saturated heterocycles. The second-order valence-corrected chi connectivity index (χ2v) is 5.67. The van der Waals surface area contributed by atoms with E-state index in [9.17, 15) is 0 Å². The minimum absolute atomic E-state index is 0. The number of hydrogen-bond donors (Lipinski definition) is 0. The molecule has 0 nitrogen and oxygen atoms in total. The molecule has 0 spiro atoms. The molecule has 0 aliphatic rings. The van der Waals surface area contributed by atoms with Crippen LogP contribution in [0.25, 0.3) is 10.8 Å². The maximum atomic E-state index is 2.89. The van der Waals surface area contributed by atoms with Crippen LogP contribution in [0.5, 0.6) is 0 Å². The summed E-state index contributed by atoms with van der Waals surface area (Å²) in [7, 11) is 0. The summed E-state index contributed by atoms with van der Waals surface area (Å²) < 4.78 is 0. The van der Waals surface area contributed by atoms with Gasteiger partial charge in [-0.25, -0.2) is 0 Å². The van der Waals surface area contributed by atoms with E-state index in [1.165, 1.54) is 28.3 Å². The standard InChI is InChI=1S/C14H17.C6H5.2CH3.Zr/c1-10(2)6-12-4-5-13-7-11(3)8-14(13)9-12;1-2-4-6-5-3-1;;;/h4-5,7-10H,6H2,1-3H3;1-5H;2*1H3;/q4*-1;+4. The summed E-state index contributed by atoms with van der Waals surface area (Å²) >= 11 is 0. The summed E-state index contributed by atoms with van der Waals surface area (Å²) in [5, 5.41) is 2.76. The van der Waals surface area contributed by atoms with E-state index in [1.807, 2.05) is 30.3 Å². The van der Waals surface area contributed by atoms with Gasteiger partial charge in [0.25, 0.3) is 0 Å². The van der Waals surface area contributed by atoms with Gasteiger partial charge in [0, 0.05) is 0 Å². The van der Waals surface area contributed by atoms with Crippen LogP contribution in [0.15, 0.2) is 60.7 Å². The second-order valence-electron chi connectivity index (χ2n) is 5.67. The molecule has 0 saturated carbocycles. The van der Waals surface area contributed by atoms with Crippen molar-refractivity contribution in [2.24, 2.45) is 5.92 Å². The Bertz CT molecular complexity index is 609. The monoisotopic (exact) mass is 382 g/mol. The molecule has 0 bridgehead atoms. The molecule has 120 valence electrons. The Morgan fingerprint density at radius 3 is 2.13 bits per heavy atom. The number of fused-ring (bicyclic) bond motifs is 1. The molecule has 23 heavy (non-hydrogen) atoms. The first-order chi connectivity index (χ1) is 9.65. The van der Waals surface area contributed by atoms with E-state index in [0.29, 0.717) is 0 Å². The van der Waals surface area contributed by atoms with Crippen LogP contribution in [-0.4, -0.2) is 0 Å². The Labute approximate surface area is 162 Å². The number of aryl methyl sites for hydroxylation is 1. The smallest absolute Gasteiger partial charge is 0.358 e. The second kappa shape index (κ2) is 12.4. The molecular formula is C22H28Zr. The van der Waals surface area contributed by atoms with E-state index in [2.05, 4.69) is 57.2 Å². The van der Waals surface area contributed by atoms with E-state index >= 15 is 0 Å². The third kappa shape index (κ3) is 8.37. The average molecular weight is 384 g/mol. The molecule has 3 rings (SSSR count).